The maximum atomic E-state index is 11.4. The number of non-ortho nitro benzene ring substituents is 1. The Labute approximate surface area is 91.4 Å². The Balaban J connectivity index is 2.37. The van der Waals surface area contributed by atoms with Gasteiger partial charge in [-0.15, -0.1) is 0 Å². The van der Waals surface area contributed by atoms with Crippen molar-refractivity contribution in [3.8, 4) is 5.75 Å². The molecule has 0 bridgehead atoms. The number of hydrogen-bond donors (Lipinski definition) is 1. The Kier molecular flexibility index (Phi) is 2.47. The highest BCUT2D eigenvalue weighted by Gasteiger charge is 2.27. The summed E-state index contributed by atoms with van der Waals surface area (Å²) in [6.45, 7) is 1.81. The number of carbonyl (C=O) groups is 1. The molecule has 1 N–H and O–H groups in total. The molecular formula is C10H10N2O4. The van der Waals surface area contributed by atoms with Gasteiger partial charge >= 0.3 is 0 Å². The Bertz CT molecular complexity index is 458. The lowest BCUT2D eigenvalue weighted by Gasteiger charge is -2.24. The lowest BCUT2D eigenvalue weighted by molar-refractivity contribution is -0.384. The van der Waals surface area contributed by atoms with Crippen LogP contribution in [-0.2, 0) is 4.79 Å². The standard InChI is InChI=1S/C10H10N2O4/c1-2-8-10(13)11-7-4-3-6(12(14)15)5-9(7)16-8/h3-5,8H,2H2,1H3,(H,11,13)/t8-/m0/s1. The molecule has 0 saturated heterocycles. The summed E-state index contributed by atoms with van der Waals surface area (Å²) in [5, 5.41) is 13.2. The summed E-state index contributed by atoms with van der Waals surface area (Å²) < 4.78 is 5.37. The highest BCUT2D eigenvalue weighted by molar-refractivity contribution is 5.97. The van der Waals surface area contributed by atoms with E-state index in [-0.39, 0.29) is 11.6 Å². The van der Waals surface area contributed by atoms with Crippen LogP contribution in [0.2, 0.25) is 0 Å². The number of nitro groups is 1. The summed E-state index contributed by atoms with van der Waals surface area (Å²) in [7, 11) is 0. The topological polar surface area (TPSA) is 81.5 Å². The third-order valence-corrected chi connectivity index (χ3v) is 2.37. The number of benzene rings is 1. The number of carbonyl (C=O) groups excluding carboxylic acids is 1. The number of anilines is 1. The first-order valence-corrected chi connectivity index (χ1v) is 4.87. The first-order chi connectivity index (χ1) is 7.61. The second-order valence-corrected chi connectivity index (χ2v) is 3.44. The Morgan fingerprint density at radius 3 is 2.94 bits per heavy atom. The van der Waals surface area contributed by atoms with E-state index in [0.29, 0.717) is 17.9 Å². The van der Waals surface area contributed by atoms with E-state index in [0.717, 1.165) is 0 Å². The molecule has 0 saturated carbocycles. The fraction of sp³-hybridized carbons (Fsp3) is 0.300. The van der Waals surface area contributed by atoms with Crippen LogP contribution in [0.5, 0.6) is 5.75 Å². The molecule has 1 heterocycles. The van der Waals surface area contributed by atoms with Gasteiger partial charge < -0.3 is 10.1 Å². The second kappa shape index (κ2) is 3.80. The van der Waals surface area contributed by atoms with Gasteiger partial charge in [0.15, 0.2) is 11.9 Å². The molecule has 1 aliphatic rings. The van der Waals surface area contributed by atoms with Crippen LogP contribution in [0.15, 0.2) is 18.2 Å². The number of fused-ring (bicyclic) bond motifs is 1. The largest absolute Gasteiger partial charge is 0.478 e. The van der Waals surface area contributed by atoms with Gasteiger partial charge in [-0.1, -0.05) is 6.92 Å². The van der Waals surface area contributed by atoms with Gasteiger partial charge in [-0.2, -0.15) is 0 Å². The quantitative estimate of drug-likeness (QED) is 0.610. The predicted molar refractivity (Wildman–Crippen MR) is 56.4 cm³/mol. The summed E-state index contributed by atoms with van der Waals surface area (Å²) in [5.74, 6) is 0.129. The summed E-state index contributed by atoms with van der Waals surface area (Å²) in [6, 6.07) is 4.11. The Morgan fingerprint density at radius 1 is 1.56 bits per heavy atom. The molecule has 1 aromatic carbocycles. The lowest BCUT2D eigenvalue weighted by atomic mass is 10.2. The predicted octanol–water partition coefficient (Wildman–Crippen LogP) is 1.70. The van der Waals surface area contributed by atoms with Crippen molar-refractivity contribution in [3.63, 3.8) is 0 Å². The van der Waals surface area contributed by atoms with Crippen LogP contribution in [0.25, 0.3) is 0 Å². The normalized spacial score (nSPS) is 18.3. The van der Waals surface area contributed by atoms with Crippen molar-refractivity contribution in [2.45, 2.75) is 19.4 Å². The minimum absolute atomic E-state index is 0.0512. The highest BCUT2D eigenvalue weighted by Crippen LogP contribution is 2.33. The number of nitrogens with one attached hydrogen (secondary N) is 1. The number of rotatable bonds is 2. The monoisotopic (exact) mass is 222 g/mol. The van der Waals surface area contributed by atoms with E-state index in [9.17, 15) is 14.9 Å². The molecular weight excluding hydrogens is 212 g/mol. The average Bonchev–Trinajstić information content (AvgIpc) is 2.27. The number of hydrogen-bond acceptors (Lipinski definition) is 4. The van der Waals surface area contributed by atoms with Gasteiger partial charge in [-0.25, -0.2) is 0 Å². The van der Waals surface area contributed by atoms with Crippen molar-refractivity contribution in [3.05, 3.63) is 28.3 Å². The SMILES string of the molecule is CC[C@@H]1Oc2cc([N+](=O)[O-])ccc2NC1=O. The molecule has 0 aliphatic carbocycles. The maximum absolute atomic E-state index is 11.4. The minimum Gasteiger partial charge on any atom is -0.478 e. The smallest absolute Gasteiger partial charge is 0.273 e. The molecule has 1 amide bonds. The molecule has 6 heteroatoms. The van der Waals surface area contributed by atoms with Crippen LogP contribution in [0, 0.1) is 10.1 Å². The average molecular weight is 222 g/mol. The van der Waals surface area contributed by atoms with E-state index in [2.05, 4.69) is 5.32 Å². The molecule has 0 spiro atoms. The molecule has 1 aromatic rings. The summed E-state index contributed by atoms with van der Waals surface area (Å²) in [4.78, 5) is 21.5. The molecule has 16 heavy (non-hydrogen) atoms. The minimum atomic E-state index is -0.575. The van der Waals surface area contributed by atoms with E-state index in [1.54, 1.807) is 0 Å². The number of nitrogens with zero attached hydrogens (tertiary/aromatic N) is 1. The van der Waals surface area contributed by atoms with Crippen molar-refractivity contribution in [1.82, 2.24) is 0 Å². The van der Waals surface area contributed by atoms with E-state index in [1.165, 1.54) is 18.2 Å². The molecule has 0 radical (unpaired) electrons. The molecule has 0 fully saturated rings. The second-order valence-electron chi connectivity index (χ2n) is 3.44. The third-order valence-electron chi connectivity index (χ3n) is 2.37. The van der Waals surface area contributed by atoms with Gasteiger partial charge in [-0.3, -0.25) is 14.9 Å². The van der Waals surface area contributed by atoms with Crippen LogP contribution in [0.3, 0.4) is 0 Å². The van der Waals surface area contributed by atoms with Gasteiger partial charge in [0.05, 0.1) is 16.7 Å². The number of amides is 1. The van der Waals surface area contributed by atoms with E-state index in [4.69, 9.17) is 4.74 Å². The Morgan fingerprint density at radius 2 is 2.31 bits per heavy atom. The van der Waals surface area contributed by atoms with Crippen molar-refractivity contribution < 1.29 is 14.5 Å². The number of ether oxygens (including phenoxy) is 1. The van der Waals surface area contributed by atoms with Crippen LogP contribution < -0.4 is 10.1 Å². The molecule has 84 valence electrons. The van der Waals surface area contributed by atoms with Gasteiger partial charge in [0.1, 0.15) is 0 Å². The van der Waals surface area contributed by atoms with E-state index >= 15 is 0 Å². The molecule has 1 aliphatic heterocycles. The first-order valence-electron chi connectivity index (χ1n) is 4.87. The van der Waals surface area contributed by atoms with Crippen LogP contribution in [-0.4, -0.2) is 16.9 Å². The van der Waals surface area contributed by atoms with Crippen molar-refractivity contribution >= 4 is 17.3 Å². The van der Waals surface area contributed by atoms with Crippen LogP contribution in [0.1, 0.15) is 13.3 Å². The maximum Gasteiger partial charge on any atom is 0.273 e. The van der Waals surface area contributed by atoms with Crippen molar-refractivity contribution in [1.29, 1.82) is 0 Å². The van der Waals surface area contributed by atoms with E-state index < -0.39 is 11.0 Å². The van der Waals surface area contributed by atoms with Gasteiger partial charge in [0, 0.05) is 6.07 Å². The number of nitro benzene ring substituents is 1. The highest BCUT2D eigenvalue weighted by atomic mass is 16.6. The van der Waals surface area contributed by atoms with Gasteiger partial charge in [0.25, 0.3) is 11.6 Å². The van der Waals surface area contributed by atoms with Crippen molar-refractivity contribution in [2.75, 3.05) is 5.32 Å². The zero-order chi connectivity index (χ0) is 11.7. The summed E-state index contributed by atoms with van der Waals surface area (Å²) in [6.07, 6.45) is -0.0527. The fourth-order valence-electron chi connectivity index (χ4n) is 1.51. The lowest BCUT2D eigenvalue weighted by Crippen LogP contribution is -2.36. The molecule has 0 aromatic heterocycles. The van der Waals surface area contributed by atoms with E-state index in [1.807, 2.05) is 6.92 Å². The molecule has 6 nitrogen and oxygen atoms in total. The van der Waals surface area contributed by atoms with Gasteiger partial charge in [0.2, 0.25) is 0 Å². The molecule has 1 atom stereocenters. The fourth-order valence-corrected chi connectivity index (χ4v) is 1.51. The zero-order valence-electron chi connectivity index (χ0n) is 8.60. The molecule has 2 rings (SSSR count). The summed E-state index contributed by atoms with van der Waals surface area (Å²) in [5.41, 5.74) is 0.421. The van der Waals surface area contributed by atoms with Crippen molar-refractivity contribution in [2.24, 2.45) is 0 Å². The van der Waals surface area contributed by atoms with Crippen LogP contribution >= 0.6 is 0 Å². The molecule has 0 unspecified atom stereocenters. The van der Waals surface area contributed by atoms with Crippen LogP contribution in [0.4, 0.5) is 11.4 Å². The first kappa shape index (κ1) is 10.4. The zero-order valence-corrected chi connectivity index (χ0v) is 8.60. The Hall–Kier alpha value is -2.11. The third kappa shape index (κ3) is 1.69. The summed E-state index contributed by atoms with van der Waals surface area (Å²) >= 11 is 0. The van der Waals surface area contributed by atoms with Gasteiger partial charge in [-0.05, 0) is 12.5 Å².